The first kappa shape index (κ1) is 14.2. The molecule has 0 saturated heterocycles. The molecule has 1 aromatic carbocycles. The average molecular weight is 263 g/mol. The Morgan fingerprint density at radius 3 is 2.53 bits per heavy atom. The molecule has 106 valence electrons. The standard InChI is InChI=1S/C16H25NO2/c1-12(7-8-17-16(2,3)4)13-5-6-14-15(11-13)19-10-9-18-14/h5-6,11-12,17H,7-10H2,1-4H3. The number of hydrogen-bond acceptors (Lipinski definition) is 3. The maximum Gasteiger partial charge on any atom is 0.161 e. The average Bonchev–Trinajstić information content (AvgIpc) is 2.36. The van der Waals surface area contributed by atoms with Crippen molar-refractivity contribution < 1.29 is 9.47 Å². The molecule has 3 heteroatoms. The van der Waals surface area contributed by atoms with Gasteiger partial charge >= 0.3 is 0 Å². The van der Waals surface area contributed by atoms with Crippen molar-refractivity contribution in [1.82, 2.24) is 5.32 Å². The molecule has 0 saturated carbocycles. The number of ether oxygens (including phenoxy) is 2. The highest BCUT2D eigenvalue weighted by molar-refractivity contribution is 5.44. The van der Waals surface area contributed by atoms with Crippen LogP contribution in [0.15, 0.2) is 18.2 Å². The molecule has 1 heterocycles. The molecule has 19 heavy (non-hydrogen) atoms. The molecule has 1 aliphatic heterocycles. The molecule has 0 amide bonds. The number of nitrogens with one attached hydrogen (secondary N) is 1. The monoisotopic (exact) mass is 263 g/mol. The topological polar surface area (TPSA) is 30.5 Å². The smallest absolute Gasteiger partial charge is 0.161 e. The van der Waals surface area contributed by atoms with Crippen LogP contribution >= 0.6 is 0 Å². The highest BCUT2D eigenvalue weighted by atomic mass is 16.6. The van der Waals surface area contributed by atoms with Crippen molar-refractivity contribution in [1.29, 1.82) is 0 Å². The van der Waals surface area contributed by atoms with Crippen LogP contribution in [0.5, 0.6) is 11.5 Å². The van der Waals surface area contributed by atoms with Gasteiger partial charge in [0.1, 0.15) is 13.2 Å². The Bertz CT molecular complexity index is 423. The molecule has 1 aromatic rings. The maximum absolute atomic E-state index is 5.63. The van der Waals surface area contributed by atoms with Gasteiger partial charge in [-0.15, -0.1) is 0 Å². The highest BCUT2D eigenvalue weighted by Gasteiger charge is 2.15. The second kappa shape index (κ2) is 5.83. The SMILES string of the molecule is CC(CCNC(C)(C)C)c1ccc2c(c1)OCCO2. The van der Waals surface area contributed by atoms with Crippen LogP contribution in [0, 0.1) is 0 Å². The summed E-state index contributed by atoms with van der Waals surface area (Å²) in [5.74, 6) is 2.28. The van der Waals surface area contributed by atoms with Crippen LogP contribution in [-0.4, -0.2) is 25.3 Å². The normalized spacial score (nSPS) is 16.2. The first-order valence-electron chi connectivity index (χ1n) is 7.10. The van der Waals surface area contributed by atoms with Crippen LogP contribution in [0.2, 0.25) is 0 Å². The molecule has 1 unspecified atom stereocenters. The summed E-state index contributed by atoms with van der Waals surface area (Å²) < 4.78 is 11.2. The summed E-state index contributed by atoms with van der Waals surface area (Å²) in [5, 5.41) is 3.53. The molecule has 0 fully saturated rings. The predicted molar refractivity (Wildman–Crippen MR) is 78.2 cm³/mol. The van der Waals surface area contributed by atoms with E-state index in [0.29, 0.717) is 19.1 Å². The second-order valence-electron chi connectivity index (χ2n) is 6.27. The van der Waals surface area contributed by atoms with E-state index in [0.717, 1.165) is 24.5 Å². The molecule has 1 aliphatic rings. The summed E-state index contributed by atoms with van der Waals surface area (Å²) in [7, 11) is 0. The van der Waals surface area contributed by atoms with Crippen molar-refractivity contribution in [3.8, 4) is 11.5 Å². The van der Waals surface area contributed by atoms with Crippen LogP contribution in [0.4, 0.5) is 0 Å². The van der Waals surface area contributed by atoms with Gasteiger partial charge in [0.25, 0.3) is 0 Å². The molecule has 3 nitrogen and oxygen atoms in total. The van der Waals surface area contributed by atoms with Crippen molar-refractivity contribution in [2.24, 2.45) is 0 Å². The van der Waals surface area contributed by atoms with Crippen LogP contribution in [-0.2, 0) is 0 Å². The third kappa shape index (κ3) is 4.13. The van der Waals surface area contributed by atoms with Gasteiger partial charge in [-0.25, -0.2) is 0 Å². The lowest BCUT2D eigenvalue weighted by atomic mass is 9.96. The summed E-state index contributed by atoms with van der Waals surface area (Å²) in [6, 6.07) is 6.29. The van der Waals surface area contributed by atoms with E-state index in [2.05, 4.69) is 45.1 Å². The molecule has 2 rings (SSSR count). The minimum Gasteiger partial charge on any atom is -0.486 e. The molecule has 0 bridgehead atoms. The summed E-state index contributed by atoms with van der Waals surface area (Å²) in [5.41, 5.74) is 1.51. The Morgan fingerprint density at radius 1 is 1.16 bits per heavy atom. The first-order valence-corrected chi connectivity index (χ1v) is 7.10. The van der Waals surface area contributed by atoms with Crippen molar-refractivity contribution >= 4 is 0 Å². The third-order valence-corrected chi connectivity index (χ3v) is 3.37. The Hall–Kier alpha value is -1.22. The molecular weight excluding hydrogens is 238 g/mol. The Kier molecular flexibility index (Phi) is 4.35. The summed E-state index contributed by atoms with van der Waals surface area (Å²) in [6.07, 6.45) is 1.12. The zero-order chi connectivity index (χ0) is 13.9. The number of rotatable bonds is 4. The molecule has 1 N–H and O–H groups in total. The molecule has 1 atom stereocenters. The zero-order valence-electron chi connectivity index (χ0n) is 12.5. The zero-order valence-corrected chi connectivity index (χ0v) is 12.5. The van der Waals surface area contributed by atoms with Gasteiger partial charge in [0, 0.05) is 5.54 Å². The molecular formula is C16H25NO2. The summed E-state index contributed by atoms with van der Waals surface area (Å²) in [4.78, 5) is 0. The van der Waals surface area contributed by atoms with E-state index in [9.17, 15) is 0 Å². The fourth-order valence-electron chi connectivity index (χ4n) is 2.20. The number of hydrogen-bond donors (Lipinski definition) is 1. The van der Waals surface area contributed by atoms with E-state index < -0.39 is 0 Å². The Labute approximate surface area is 116 Å². The lowest BCUT2D eigenvalue weighted by molar-refractivity contribution is 0.171. The Morgan fingerprint density at radius 2 is 1.84 bits per heavy atom. The van der Waals surface area contributed by atoms with Gasteiger partial charge in [0.05, 0.1) is 0 Å². The molecule has 0 aromatic heterocycles. The maximum atomic E-state index is 5.63. The molecule has 0 spiro atoms. The van der Waals surface area contributed by atoms with E-state index in [1.165, 1.54) is 5.56 Å². The van der Waals surface area contributed by atoms with Gasteiger partial charge in [-0.2, -0.15) is 0 Å². The minimum atomic E-state index is 0.187. The van der Waals surface area contributed by atoms with Gasteiger partial charge in [0.2, 0.25) is 0 Å². The van der Waals surface area contributed by atoms with Crippen LogP contribution < -0.4 is 14.8 Å². The molecule has 0 aliphatic carbocycles. The largest absolute Gasteiger partial charge is 0.486 e. The van der Waals surface area contributed by atoms with Crippen molar-refractivity contribution in [3.05, 3.63) is 23.8 Å². The van der Waals surface area contributed by atoms with Crippen molar-refractivity contribution in [3.63, 3.8) is 0 Å². The number of fused-ring (bicyclic) bond motifs is 1. The quantitative estimate of drug-likeness (QED) is 0.903. The highest BCUT2D eigenvalue weighted by Crippen LogP contribution is 2.33. The fourth-order valence-corrected chi connectivity index (χ4v) is 2.20. The summed E-state index contributed by atoms with van der Waals surface area (Å²) in [6.45, 7) is 11.2. The Balaban J connectivity index is 1.94. The number of benzene rings is 1. The van der Waals surface area contributed by atoms with Crippen molar-refractivity contribution in [2.75, 3.05) is 19.8 Å². The lowest BCUT2D eigenvalue weighted by Crippen LogP contribution is -2.36. The van der Waals surface area contributed by atoms with Gasteiger partial charge in [-0.3, -0.25) is 0 Å². The summed E-state index contributed by atoms with van der Waals surface area (Å²) >= 11 is 0. The van der Waals surface area contributed by atoms with Gasteiger partial charge in [-0.1, -0.05) is 13.0 Å². The third-order valence-electron chi connectivity index (χ3n) is 3.37. The van der Waals surface area contributed by atoms with E-state index in [1.54, 1.807) is 0 Å². The van der Waals surface area contributed by atoms with Gasteiger partial charge in [-0.05, 0) is 57.4 Å². The second-order valence-corrected chi connectivity index (χ2v) is 6.27. The van der Waals surface area contributed by atoms with Crippen LogP contribution in [0.1, 0.15) is 45.6 Å². The first-order chi connectivity index (χ1) is 8.96. The lowest BCUT2D eigenvalue weighted by Gasteiger charge is -2.23. The van der Waals surface area contributed by atoms with Gasteiger partial charge < -0.3 is 14.8 Å². The van der Waals surface area contributed by atoms with E-state index >= 15 is 0 Å². The minimum absolute atomic E-state index is 0.187. The molecule has 0 radical (unpaired) electrons. The van der Waals surface area contributed by atoms with E-state index in [4.69, 9.17) is 9.47 Å². The predicted octanol–water partition coefficient (Wildman–Crippen LogP) is 3.34. The van der Waals surface area contributed by atoms with Gasteiger partial charge in [0.15, 0.2) is 11.5 Å². The van der Waals surface area contributed by atoms with E-state index in [1.807, 2.05) is 6.07 Å². The van der Waals surface area contributed by atoms with Crippen LogP contribution in [0.3, 0.4) is 0 Å². The fraction of sp³-hybridized carbons (Fsp3) is 0.625. The van der Waals surface area contributed by atoms with Crippen LogP contribution in [0.25, 0.3) is 0 Å². The van der Waals surface area contributed by atoms with E-state index in [-0.39, 0.29) is 5.54 Å². The van der Waals surface area contributed by atoms with Crippen molar-refractivity contribution in [2.45, 2.75) is 45.6 Å².